The molecule has 0 unspecified atom stereocenters. The van der Waals surface area contributed by atoms with Crippen molar-refractivity contribution in [2.24, 2.45) is 0 Å². The zero-order valence-electron chi connectivity index (χ0n) is 22.4. The summed E-state index contributed by atoms with van der Waals surface area (Å²) in [5, 5.41) is 3.73. The zero-order valence-corrected chi connectivity index (χ0v) is 23.2. The Morgan fingerprint density at radius 3 is 2.73 bits per heavy atom. The maximum absolute atomic E-state index is 14.6. The first-order chi connectivity index (χ1) is 19.1. The second kappa shape index (κ2) is 11.0. The number of benzene rings is 2. The number of rotatable bonds is 4. The predicted molar refractivity (Wildman–Crippen MR) is 153 cm³/mol. The van der Waals surface area contributed by atoms with Crippen LogP contribution in [0.5, 0.6) is 0 Å². The van der Waals surface area contributed by atoms with E-state index in [9.17, 15) is 14.0 Å². The topological polar surface area (TPSA) is 88.8 Å². The van der Waals surface area contributed by atoms with Crippen LogP contribution >= 0.6 is 11.3 Å². The van der Waals surface area contributed by atoms with Gasteiger partial charge in [0.15, 0.2) is 0 Å². The Morgan fingerprint density at radius 2 is 1.98 bits per heavy atom. The van der Waals surface area contributed by atoms with Crippen LogP contribution in [0.15, 0.2) is 55.0 Å². The van der Waals surface area contributed by atoms with Crippen molar-refractivity contribution in [3.8, 4) is 21.6 Å². The molecular weight excluding hydrogens is 529 g/mol. The first-order valence-electron chi connectivity index (χ1n) is 12.9. The van der Waals surface area contributed by atoms with Gasteiger partial charge in [0.2, 0.25) is 5.69 Å². The van der Waals surface area contributed by atoms with Crippen LogP contribution in [0.4, 0.5) is 14.9 Å². The largest absolute Gasteiger partial charge is 0.444 e. The first-order valence-corrected chi connectivity index (χ1v) is 13.7. The number of carbonyl (C=O) groups excluding carboxylic acids is 2. The normalized spacial score (nSPS) is 15.5. The van der Waals surface area contributed by atoms with Gasteiger partial charge in [-0.05, 0) is 69.0 Å². The minimum atomic E-state index is -0.614. The van der Waals surface area contributed by atoms with E-state index < -0.39 is 17.5 Å². The number of fused-ring (bicyclic) bond motifs is 1. The molecule has 0 aliphatic carbocycles. The lowest BCUT2D eigenvalue weighted by Gasteiger charge is -2.33. The smallest absolute Gasteiger partial charge is 0.407 e. The number of nitrogens with zero attached hydrogens (tertiary/aromatic N) is 4. The van der Waals surface area contributed by atoms with E-state index >= 15 is 0 Å². The molecule has 2 aromatic carbocycles. The summed E-state index contributed by atoms with van der Waals surface area (Å²) in [5.74, 6) is -0.771. The second-order valence-electron chi connectivity index (χ2n) is 10.7. The molecule has 0 spiro atoms. The van der Waals surface area contributed by atoms with Gasteiger partial charge in [0.25, 0.3) is 5.91 Å². The summed E-state index contributed by atoms with van der Waals surface area (Å²) in [6.45, 7) is 13.5. The molecule has 0 saturated carbocycles. The molecule has 40 heavy (non-hydrogen) atoms. The number of hydrogen-bond acceptors (Lipinski definition) is 6. The average molecular weight is 558 g/mol. The molecule has 0 bridgehead atoms. The molecule has 1 aliphatic heterocycles. The molecule has 3 heterocycles. The molecule has 1 N–H and O–H groups in total. The van der Waals surface area contributed by atoms with Crippen molar-refractivity contribution >= 4 is 39.9 Å². The average Bonchev–Trinajstić information content (AvgIpc) is 3.37. The third-order valence-corrected chi connectivity index (χ3v) is 7.69. The number of piperidine rings is 1. The molecular formula is C30H28FN5O3S. The zero-order chi connectivity index (χ0) is 28.4. The lowest BCUT2D eigenvalue weighted by Crippen LogP contribution is -2.50. The maximum Gasteiger partial charge on any atom is 0.407 e. The Balaban J connectivity index is 1.48. The van der Waals surface area contributed by atoms with E-state index in [1.807, 2.05) is 18.2 Å². The summed E-state index contributed by atoms with van der Waals surface area (Å²) < 4.78 is 20.0. The summed E-state index contributed by atoms with van der Waals surface area (Å²) in [7, 11) is 0. The number of aromatic nitrogens is 2. The van der Waals surface area contributed by atoms with E-state index in [1.54, 1.807) is 44.0 Å². The molecule has 1 atom stereocenters. The number of hydrogen-bond donors (Lipinski definition) is 1. The number of likely N-dealkylation sites (tertiary alicyclic amines) is 1. The minimum absolute atomic E-state index is 0.0588. The lowest BCUT2D eigenvalue weighted by atomic mass is 10.0. The highest BCUT2D eigenvalue weighted by Gasteiger charge is 2.29. The van der Waals surface area contributed by atoms with Gasteiger partial charge in [-0.1, -0.05) is 18.2 Å². The van der Waals surface area contributed by atoms with E-state index in [0.717, 1.165) is 34.2 Å². The molecule has 4 aromatic rings. The van der Waals surface area contributed by atoms with E-state index in [2.05, 4.69) is 20.1 Å². The van der Waals surface area contributed by atoms with Gasteiger partial charge in [-0.3, -0.25) is 4.79 Å². The maximum atomic E-state index is 14.6. The molecule has 1 aliphatic rings. The third-order valence-electron chi connectivity index (χ3n) is 6.52. The van der Waals surface area contributed by atoms with Crippen molar-refractivity contribution in [1.29, 1.82) is 0 Å². The van der Waals surface area contributed by atoms with Crippen LogP contribution in [0, 0.1) is 12.4 Å². The molecule has 204 valence electrons. The number of carbonyl (C=O) groups is 2. The molecule has 2 aromatic heterocycles. The van der Waals surface area contributed by atoms with E-state index in [0.29, 0.717) is 29.1 Å². The second-order valence-corrected chi connectivity index (χ2v) is 11.7. The van der Waals surface area contributed by atoms with Gasteiger partial charge in [0.1, 0.15) is 17.7 Å². The first kappa shape index (κ1) is 27.2. The number of alkyl carbamates (subject to hydrolysis) is 1. The van der Waals surface area contributed by atoms with E-state index in [4.69, 9.17) is 11.3 Å². The van der Waals surface area contributed by atoms with Crippen LogP contribution in [-0.2, 0) is 4.74 Å². The molecule has 1 saturated heterocycles. The number of amides is 2. The fourth-order valence-corrected chi connectivity index (χ4v) is 5.87. The number of ether oxygens (including phenoxy) is 1. The van der Waals surface area contributed by atoms with Crippen LogP contribution in [0.25, 0.3) is 37.3 Å². The summed E-state index contributed by atoms with van der Waals surface area (Å²) in [4.78, 5) is 40.7. The van der Waals surface area contributed by atoms with Crippen molar-refractivity contribution in [2.75, 3.05) is 13.1 Å². The van der Waals surface area contributed by atoms with E-state index in [1.165, 1.54) is 29.8 Å². The van der Waals surface area contributed by atoms with Crippen LogP contribution < -0.4 is 5.32 Å². The summed E-state index contributed by atoms with van der Waals surface area (Å²) >= 11 is 1.33. The number of nitrogens with one attached hydrogen (secondary N) is 1. The van der Waals surface area contributed by atoms with Crippen molar-refractivity contribution in [1.82, 2.24) is 20.2 Å². The van der Waals surface area contributed by atoms with Gasteiger partial charge in [0, 0.05) is 41.2 Å². The summed E-state index contributed by atoms with van der Waals surface area (Å²) in [5.41, 5.74) is 2.23. The van der Waals surface area contributed by atoms with Crippen LogP contribution in [-0.4, -0.2) is 51.6 Å². The molecule has 10 heteroatoms. The van der Waals surface area contributed by atoms with Gasteiger partial charge in [-0.2, -0.15) is 0 Å². The van der Waals surface area contributed by atoms with Crippen LogP contribution in [0.2, 0.25) is 0 Å². The van der Waals surface area contributed by atoms with Crippen molar-refractivity contribution < 1.29 is 18.7 Å². The predicted octanol–water partition coefficient (Wildman–Crippen LogP) is 6.84. The highest BCUT2D eigenvalue weighted by Crippen LogP contribution is 2.41. The molecule has 0 radical (unpaired) electrons. The van der Waals surface area contributed by atoms with Gasteiger partial charge in [0.05, 0.1) is 17.0 Å². The quantitative estimate of drug-likeness (QED) is 0.278. The van der Waals surface area contributed by atoms with E-state index in [-0.39, 0.29) is 17.6 Å². The van der Waals surface area contributed by atoms with Crippen LogP contribution in [0.3, 0.4) is 0 Å². The van der Waals surface area contributed by atoms with Gasteiger partial charge >= 0.3 is 6.09 Å². The summed E-state index contributed by atoms with van der Waals surface area (Å²) in [6, 6.07) is 11.8. The minimum Gasteiger partial charge on any atom is -0.444 e. The summed E-state index contributed by atoms with van der Waals surface area (Å²) in [6.07, 6.45) is 4.19. The van der Waals surface area contributed by atoms with Crippen LogP contribution in [0.1, 0.15) is 43.3 Å². The monoisotopic (exact) mass is 557 g/mol. The highest BCUT2D eigenvalue weighted by molar-refractivity contribution is 7.18. The van der Waals surface area contributed by atoms with Gasteiger partial charge in [-0.25, -0.2) is 24.0 Å². The van der Waals surface area contributed by atoms with Crippen molar-refractivity contribution in [3.63, 3.8) is 0 Å². The fourth-order valence-electron chi connectivity index (χ4n) is 4.73. The molecule has 1 fully saturated rings. The molecule has 5 rings (SSSR count). The third kappa shape index (κ3) is 5.95. The number of thiophene rings is 1. The molecule has 8 nitrogen and oxygen atoms in total. The number of halogens is 1. The van der Waals surface area contributed by atoms with Crippen molar-refractivity contribution in [3.05, 3.63) is 77.1 Å². The SMILES string of the molecule is [C-]#[N+]c1ccc(-c2cc(C(=O)N3CCC[C@@H](NC(=O)OC(C)(C)C)C3)sc2-c2ccc3ncncc3c2)cc1F. The van der Waals surface area contributed by atoms with Gasteiger partial charge < -0.3 is 15.0 Å². The standard InChI is InChI=1S/C30H28FN5O3S/c1-30(2,3)39-29(38)35-21-6-5-11-36(16-21)28(37)26-14-22(18-7-10-25(32-4)23(31)13-18)27(40-26)19-8-9-24-20(12-19)15-33-17-34-24/h7-10,12-15,17,21H,5-6,11,16H2,1-3H3,(H,35,38)/t21-/m1/s1. The highest BCUT2D eigenvalue weighted by atomic mass is 32.1. The lowest BCUT2D eigenvalue weighted by molar-refractivity contribution is 0.0453. The Morgan fingerprint density at radius 1 is 1.18 bits per heavy atom. The Bertz CT molecular complexity index is 1640. The van der Waals surface area contributed by atoms with Crippen molar-refractivity contribution in [2.45, 2.75) is 45.3 Å². The Hall–Kier alpha value is -4.36. The Kier molecular flexibility index (Phi) is 7.50. The Labute approximate surface area is 235 Å². The fraction of sp³-hybridized carbons (Fsp3) is 0.300. The van der Waals surface area contributed by atoms with Gasteiger partial charge in [-0.15, -0.1) is 11.3 Å². The molecule has 2 amide bonds.